The van der Waals surface area contributed by atoms with E-state index < -0.39 is 5.41 Å². The van der Waals surface area contributed by atoms with Crippen molar-refractivity contribution in [2.75, 3.05) is 0 Å². The fraction of sp³-hybridized carbons (Fsp3) is 0.353. The van der Waals surface area contributed by atoms with Crippen molar-refractivity contribution in [3.8, 4) is 0 Å². The van der Waals surface area contributed by atoms with E-state index in [4.69, 9.17) is 4.42 Å². The largest absolute Gasteiger partial charge is 0.469 e. The van der Waals surface area contributed by atoms with Crippen LogP contribution in [-0.2, 0) is 16.6 Å². The highest BCUT2D eigenvalue weighted by Gasteiger charge is 2.51. The molecule has 0 aliphatic heterocycles. The van der Waals surface area contributed by atoms with Gasteiger partial charge in [-0.15, -0.1) is 0 Å². The van der Waals surface area contributed by atoms with Crippen molar-refractivity contribution >= 4 is 5.91 Å². The van der Waals surface area contributed by atoms with Crippen molar-refractivity contribution in [1.82, 2.24) is 5.32 Å². The van der Waals surface area contributed by atoms with Crippen LogP contribution in [0.3, 0.4) is 0 Å². The molecule has 0 saturated heterocycles. The average Bonchev–Trinajstić information content (AvgIpc) is 3.12. The number of furan rings is 1. The van der Waals surface area contributed by atoms with E-state index >= 15 is 0 Å². The molecule has 1 aliphatic carbocycles. The Morgan fingerprint density at radius 2 is 2.05 bits per heavy atom. The second-order valence-corrected chi connectivity index (χ2v) is 5.75. The number of benzene rings is 1. The topological polar surface area (TPSA) is 42.2 Å². The van der Waals surface area contributed by atoms with E-state index in [-0.39, 0.29) is 17.8 Å². The van der Waals surface area contributed by atoms with Crippen LogP contribution in [0, 0.1) is 5.82 Å². The van der Waals surface area contributed by atoms with Crippen molar-refractivity contribution in [1.29, 1.82) is 0 Å². The number of carbonyl (C=O) groups is 1. The molecule has 110 valence electrons. The summed E-state index contributed by atoms with van der Waals surface area (Å²) in [5.74, 6) is 0.601. The van der Waals surface area contributed by atoms with E-state index in [0.717, 1.165) is 24.2 Å². The lowest BCUT2D eigenvalue weighted by Crippen LogP contribution is -2.41. The first-order valence-electron chi connectivity index (χ1n) is 7.19. The Kier molecular flexibility index (Phi) is 3.53. The molecule has 3 nitrogen and oxygen atoms in total. The monoisotopic (exact) mass is 287 g/mol. The first-order chi connectivity index (χ1) is 10.1. The smallest absolute Gasteiger partial charge is 0.230 e. The summed E-state index contributed by atoms with van der Waals surface area (Å²) in [6.07, 6.45) is 3.93. The maximum absolute atomic E-state index is 13.0. The van der Waals surface area contributed by atoms with Crippen LogP contribution in [0.5, 0.6) is 0 Å². The van der Waals surface area contributed by atoms with Gasteiger partial charge >= 0.3 is 0 Å². The van der Waals surface area contributed by atoms with E-state index in [2.05, 4.69) is 5.32 Å². The van der Waals surface area contributed by atoms with Crippen LogP contribution in [0.15, 0.2) is 47.1 Å². The highest BCUT2D eigenvalue weighted by Crippen LogP contribution is 2.48. The highest BCUT2D eigenvalue weighted by atomic mass is 19.1. The average molecular weight is 287 g/mol. The fourth-order valence-electron chi connectivity index (χ4n) is 2.68. The lowest BCUT2D eigenvalue weighted by Gasteiger charge is -2.19. The molecule has 1 fully saturated rings. The molecule has 1 aliphatic rings. The SMILES string of the molecule is C[C@H](Cc1ccco1)NC(=O)C1(c2ccc(F)cc2)CC1. The molecule has 1 N–H and O–H groups in total. The molecule has 0 spiro atoms. The molecule has 1 aromatic heterocycles. The lowest BCUT2D eigenvalue weighted by molar-refractivity contribution is -0.124. The Bertz CT molecular complexity index is 615. The van der Waals surface area contributed by atoms with Gasteiger partial charge in [-0.05, 0) is 49.6 Å². The molecular formula is C17H18FNO2. The second kappa shape index (κ2) is 5.35. The minimum Gasteiger partial charge on any atom is -0.469 e. The van der Waals surface area contributed by atoms with Crippen LogP contribution in [0.1, 0.15) is 31.1 Å². The number of halogens is 1. The molecule has 4 heteroatoms. The minimum atomic E-state index is -0.467. The molecule has 1 amide bonds. The van der Waals surface area contributed by atoms with Gasteiger partial charge in [0.25, 0.3) is 0 Å². The van der Waals surface area contributed by atoms with Crippen molar-refractivity contribution in [3.63, 3.8) is 0 Å². The number of amides is 1. The summed E-state index contributed by atoms with van der Waals surface area (Å²) in [4.78, 5) is 12.5. The molecule has 1 saturated carbocycles. The predicted molar refractivity (Wildman–Crippen MR) is 77.3 cm³/mol. The first-order valence-corrected chi connectivity index (χ1v) is 7.19. The number of hydrogen-bond donors (Lipinski definition) is 1. The molecule has 0 radical (unpaired) electrons. The van der Waals surface area contributed by atoms with Crippen LogP contribution < -0.4 is 5.32 Å². The van der Waals surface area contributed by atoms with E-state index in [1.807, 2.05) is 19.1 Å². The summed E-state index contributed by atoms with van der Waals surface area (Å²) in [5, 5.41) is 3.04. The Morgan fingerprint density at radius 1 is 1.33 bits per heavy atom. The van der Waals surface area contributed by atoms with Gasteiger partial charge in [-0.25, -0.2) is 4.39 Å². The third-order valence-electron chi connectivity index (χ3n) is 4.05. The maximum atomic E-state index is 13.0. The van der Waals surface area contributed by atoms with Gasteiger partial charge in [0.1, 0.15) is 11.6 Å². The van der Waals surface area contributed by atoms with Crippen molar-refractivity contribution in [2.24, 2.45) is 0 Å². The maximum Gasteiger partial charge on any atom is 0.230 e. The van der Waals surface area contributed by atoms with Gasteiger partial charge in [-0.2, -0.15) is 0 Å². The lowest BCUT2D eigenvalue weighted by atomic mass is 9.94. The van der Waals surface area contributed by atoms with Crippen molar-refractivity contribution in [3.05, 3.63) is 59.8 Å². The summed E-state index contributed by atoms with van der Waals surface area (Å²) in [5.41, 5.74) is 0.428. The Balaban J connectivity index is 1.66. The van der Waals surface area contributed by atoms with Gasteiger partial charge in [0.05, 0.1) is 11.7 Å². The van der Waals surface area contributed by atoms with Gasteiger partial charge < -0.3 is 9.73 Å². The molecule has 1 aromatic carbocycles. The molecule has 21 heavy (non-hydrogen) atoms. The summed E-state index contributed by atoms with van der Waals surface area (Å²) < 4.78 is 18.3. The molecule has 1 heterocycles. The zero-order valence-corrected chi connectivity index (χ0v) is 11.9. The van der Waals surface area contributed by atoms with Crippen LogP contribution in [0.4, 0.5) is 4.39 Å². The van der Waals surface area contributed by atoms with Crippen molar-refractivity contribution in [2.45, 2.75) is 37.6 Å². The Labute approximate surface area is 123 Å². The van der Waals surface area contributed by atoms with Gasteiger partial charge in [0.2, 0.25) is 5.91 Å². The summed E-state index contributed by atoms with van der Waals surface area (Å²) in [6.45, 7) is 1.96. The summed E-state index contributed by atoms with van der Waals surface area (Å²) in [7, 11) is 0. The zero-order chi connectivity index (χ0) is 14.9. The Morgan fingerprint density at radius 3 is 2.62 bits per heavy atom. The molecular weight excluding hydrogens is 269 g/mol. The predicted octanol–water partition coefficient (Wildman–Crippen LogP) is 3.20. The van der Waals surface area contributed by atoms with Crippen LogP contribution >= 0.6 is 0 Å². The molecule has 0 bridgehead atoms. The van der Waals surface area contributed by atoms with Gasteiger partial charge in [0, 0.05) is 12.5 Å². The third kappa shape index (κ3) is 2.84. The van der Waals surface area contributed by atoms with Crippen LogP contribution in [0.25, 0.3) is 0 Å². The van der Waals surface area contributed by atoms with E-state index in [9.17, 15) is 9.18 Å². The molecule has 2 aromatic rings. The Hall–Kier alpha value is -2.10. The van der Waals surface area contributed by atoms with Crippen LogP contribution in [-0.4, -0.2) is 11.9 Å². The summed E-state index contributed by atoms with van der Waals surface area (Å²) >= 11 is 0. The fourth-order valence-corrected chi connectivity index (χ4v) is 2.68. The van der Waals surface area contributed by atoms with Gasteiger partial charge in [0.15, 0.2) is 0 Å². The minimum absolute atomic E-state index is 0.00146. The third-order valence-corrected chi connectivity index (χ3v) is 4.05. The summed E-state index contributed by atoms with van der Waals surface area (Å²) in [6, 6.07) is 9.98. The molecule has 3 rings (SSSR count). The quantitative estimate of drug-likeness (QED) is 0.917. The molecule has 0 unspecified atom stereocenters. The van der Waals surface area contributed by atoms with E-state index in [0.29, 0.717) is 6.42 Å². The van der Waals surface area contributed by atoms with Gasteiger partial charge in [-0.3, -0.25) is 4.79 Å². The van der Waals surface area contributed by atoms with E-state index in [1.165, 1.54) is 12.1 Å². The number of hydrogen-bond acceptors (Lipinski definition) is 2. The highest BCUT2D eigenvalue weighted by molar-refractivity contribution is 5.91. The number of rotatable bonds is 5. The normalized spacial score (nSPS) is 17.2. The van der Waals surface area contributed by atoms with E-state index in [1.54, 1.807) is 18.4 Å². The zero-order valence-electron chi connectivity index (χ0n) is 11.9. The number of carbonyl (C=O) groups excluding carboxylic acids is 1. The standard InChI is InChI=1S/C17H18FNO2/c1-12(11-15-3-2-10-21-15)19-16(20)17(8-9-17)13-4-6-14(18)7-5-13/h2-7,10,12H,8-9,11H2,1H3,(H,19,20)/t12-/m1/s1. The second-order valence-electron chi connectivity index (χ2n) is 5.75. The first kappa shape index (κ1) is 13.9. The molecule has 1 atom stereocenters. The van der Waals surface area contributed by atoms with Crippen molar-refractivity contribution < 1.29 is 13.6 Å². The van der Waals surface area contributed by atoms with Crippen LogP contribution in [0.2, 0.25) is 0 Å². The number of nitrogens with one attached hydrogen (secondary N) is 1. The van der Waals surface area contributed by atoms with Gasteiger partial charge in [-0.1, -0.05) is 12.1 Å².